The van der Waals surface area contributed by atoms with Crippen molar-refractivity contribution in [3.63, 3.8) is 0 Å². The minimum Gasteiger partial charge on any atom is -0.440 e. The number of thiophene rings is 1. The van der Waals surface area contributed by atoms with E-state index >= 15 is 0 Å². The third kappa shape index (κ3) is 2.77. The molecule has 0 aliphatic rings. The molecule has 0 aliphatic heterocycles. The van der Waals surface area contributed by atoms with Gasteiger partial charge in [-0.15, -0.1) is 21.5 Å². The van der Waals surface area contributed by atoms with E-state index in [2.05, 4.69) is 15.2 Å². The van der Waals surface area contributed by atoms with Gasteiger partial charge >= 0.3 is 0 Å². The van der Waals surface area contributed by atoms with Gasteiger partial charge in [0.2, 0.25) is 11.0 Å². The molecular formula is C13H13N5O2S2. The number of thioether (sulfide) groups is 1. The predicted molar refractivity (Wildman–Crippen MR) is 85.3 cm³/mol. The van der Waals surface area contributed by atoms with E-state index < -0.39 is 0 Å². The van der Waals surface area contributed by atoms with E-state index in [0.717, 1.165) is 21.0 Å². The van der Waals surface area contributed by atoms with Crippen LogP contribution >= 0.6 is 23.1 Å². The lowest BCUT2D eigenvalue weighted by atomic mass is 10.4. The molecule has 0 amide bonds. The highest BCUT2D eigenvalue weighted by molar-refractivity contribution is 7.98. The summed E-state index contributed by atoms with van der Waals surface area (Å²) < 4.78 is 6.67. The zero-order valence-corrected chi connectivity index (χ0v) is 13.6. The molecule has 0 unspecified atom stereocenters. The number of nitrogens with zero attached hydrogens (tertiary/aromatic N) is 4. The van der Waals surface area contributed by atoms with Crippen LogP contribution in [0.25, 0.3) is 10.8 Å². The molecule has 0 aromatic carbocycles. The van der Waals surface area contributed by atoms with Crippen LogP contribution in [0.4, 0.5) is 0 Å². The molecule has 9 heteroatoms. The van der Waals surface area contributed by atoms with E-state index in [0.29, 0.717) is 16.8 Å². The molecular weight excluding hydrogens is 322 g/mol. The highest BCUT2D eigenvalue weighted by atomic mass is 32.2. The van der Waals surface area contributed by atoms with Gasteiger partial charge in [0.05, 0.1) is 10.6 Å². The minimum absolute atomic E-state index is 0.268. The number of nitrogen functional groups attached to an aromatic ring is 1. The lowest BCUT2D eigenvalue weighted by Gasteiger charge is -2.04. The third-order valence-electron chi connectivity index (χ3n) is 2.98. The van der Waals surface area contributed by atoms with Gasteiger partial charge in [-0.25, -0.2) is 4.98 Å². The average Bonchev–Trinajstić information content (AvgIpc) is 3.14. The van der Waals surface area contributed by atoms with Crippen LogP contribution in [0.15, 0.2) is 31.9 Å². The van der Waals surface area contributed by atoms with Gasteiger partial charge in [0.15, 0.2) is 0 Å². The van der Waals surface area contributed by atoms with E-state index in [1.165, 1.54) is 11.8 Å². The van der Waals surface area contributed by atoms with Crippen LogP contribution in [0.1, 0.15) is 17.1 Å². The monoisotopic (exact) mass is 335 g/mol. The van der Waals surface area contributed by atoms with Crippen LogP contribution in [-0.4, -0.2) is 19.9 Å². The molecule has 2 N–H and O–H groups in total. The lowest BCUT2D eigenvalue weighted by molar-refractivity contribution is 0.542. The Bertz CT molecular complexity index is 854. The summed E-state index contributed by atoms with van der Waals surface area (Å²) in [5.41, 5.74) is 0.710. The van der Waals surface area contributed by atoms with Crippen molar-refractivity contribution >= 4 is 23.1 Å². The zero-order valence-electron chi connectivity index (χ0n) is 11.9. The molecule has 0 fully saturated rings. The summed E-state index contributed by atoms with van der Waals surface area (Å²) >= 11 is 2.86. The van der Waals surface area contributed by atoms with Crippen LogP contribution in [0.5, 0.6) is 0 Å². The molecule has 3 aromatic rings. The smallest absolute Gasteiger partial charge is 0.294 e. The molecule has 22 heavy (non-hydrogen) atoms. The van der Waals surface area contributed by atoms with E-state index in [4.69, 9.17) is 10.3 Å². The number of rotatable bonds is 4. The SMILES string of the molecule is Cc1oc(-c2cccs2)nc1CSc1nnc(C)c(=O)n1N. The molecule has 0 atom stereocenters. The highest BCUT2D eigenvalue weighted by Crippen LogP contribution is 2.28. The summed E-state index contributed by atoms with van der Waals surface area (Å²) in [5.74, 6) is 7.54. The highest BCUT2D eigenvalue weighted by Gasteiger charge is 2.14. The quantitative estimate of drug-likeness (QED) is 0.575. The van der Waals surface area contributed by atoms with E-state index in [9.17, 15) is 4.79 Å². The first-order chi connectivity index (χ1) is 10.6. The Kier molecular flexibility index (Phi) is 3.99. The summed E-state index contributed by atoms with van der Waals surface area (Å²) in [7, 11) is 0. The maximum absolute atomic E-state index is 11.7. The Morgan fingerprint density at radius 1 is 1.41 bits per heavy atom. The molecule has 3 heterocycles. The Hall–Kier alpha value is -2.13. The first kappa shape index (κ1) is 14.8. The molecule has 3 rings (SSSR count). The molecule has 0 saturated carbocycles. The van der Waals surface area contributed by atoms with Crippen LogP contribution in [0, 0.1) is 13.8 Å². The fourth-order valence-corrected chi connectivity index (χ4v) is 3.27. The first-order valence-electron chi connectivity index (χ1n) is 6.40. The third-order valence-corrected chi connectivity index (χ3v) is 4.79. The maximum atomic E-state index is 11.7. The molecule has 0 spiro atoms. The van der Waals surface area contributed by atoms with Crippen molar-refractivity contribution in [2.45, 2.75) is 24.8 Å². The van der Waals surface area contributed by atoms with Crippen molar-refractivity contribution in [2.24, 2.45) is 0 Å². The van der Waals surface area contributed by atoms with Gasteiger partial charge in [0, 0.05) is 5.75 Å². The van der Waals surface area contributed by atoms with E-state index in [1.54, 1.807) is 18.3 Å². The second kappa shape index (κ2) is 5.93. The molecule has 3 aromatic heterocycles. The summed E-state index contributed by atoms with van der Waals surface area (Å²) in [6, 6.07) is 3.90. The average molecular weight is 335 g/mol. The molecule has 0 aliphatic carbocycles. The molecule has 0 radical (unpaired) electrons. The summed E-state index contributed by atoms with van der Waals surface area (Å²) in [6.45, 7) is 3.43. The van der Waals surface area contributed by atoms with Gasteiger partial charge in [0.25, 0.3) is 5.56 Å². The molecule has 0 bridgehead atoms. The number of aromatic nitrogens is 4. The number of oxazole rings is 1. The van der Waals surface area contributed by atoms with E-state index in [-0.39, 0.29) is 11.3 Å². The lowest BCUT2D eigenvalue weighted by Crippen LogP contribution is -2.32. The number of hydrogen-bond acceptors (Lipinski definition) is 8. The Labute approximate surface area is 134 Å². The van der Waals surface area contributed by atoms with Crippen LogP contribution in [0.2, 0.25) is 0 Å². The standard InChI is InChI=1S/C13H13N5O2S2/c1-7-12(19)18(14)13(17-16-7)22-6-9-8(2)20-11(15-9)10-4-3-5-21-10/h3-5H,6,14H2,1-2H3. The Morgan fingerprint density at radius 2 is 2.23 bits per heavy atom. The number of aryl methyl sites for hydroxylation is 2. The number of nitrogens with two attached hydrogens (primary N) is 1. The Balaban J connectivity index is 1.80. The van der Waals surface area contributed by atoms with Gasteiger partial charge in [-0.3, -0.25) is 4.79 Å². The van der Waals surface area contributed by atoms with Crippen molar-refractivity contribution in [3.05, 3.63) is 45.0 Å². The summed E-state index contributed by atoms with van der Waals surface area (Å²) in [6.07, 6.45) is 0. The van der Waals surface area contributed by atoms with Crippen molar-refractivity contribution in [3.8, 4) is 10.8 Å². The van der Waals surface area contributed by atoms with Crippen LogP contribution in [0.3, 0.4) is 0 Å². The maximum Gasteiger partial charge on any atom is 0.294 e. The Morgan fingerprint density at radius 3 is 2.95 bits per heavy atom. The second-order valence-corrected chi connectivity index (χ2v) is 6.42. The van der Waals surface area contributed by atoms with E-state index in [1.807, 2.05) is 24.4 Å². The zero-order chi connectivity index (χ0) is 15.7. The van der Waals surface area contributed by atoms with Gasteiger partial charge < -0.3 is 10.3 Å². The first-order valence-corrected chi connectivity index (χ1v) is 8.27. The fourth-order valence-electron chi connectivity index (χ4n) is 1.77. The molecule has 7 nitrogen and oxygen atoms in total. The van der Waals surface area contributed by atoms with Crippen molar-refractivity contribution in [2.75, 3.05) is 5.84 Å². The van der Waals surface area contributed by atoms with Crippen molar-refractivity contribution in [1.29, 1.82) is 0 Å². The minimum atomic E-state index is -0.353. The van der Waals surface area contributed by atoms with Gasteiger partial charge in [0.1, 0.15) is 11.5 Å². The van der Waals surface area contributed by atoms with Crippen LogP contribution < -0.4 is 11.4 Å². The largest absolute Gasteiger partial charge is 0.440 e. The summed E-state index contributed by atoms with van der Waals surface area (Å²) in [5, 5.41) is 10.0. The fraction of sp³-hybridized carbons (Fsp3) is 0.231. The summed E-state index contributed by atoms with van der Waals surface area (Å²) in [4.78, 5) is 17.2. The normalized spacial score (nSPS) is 11.0. The predicted octanol–water partition coefficient (Wildman–Crippen LogP) is 1.98. The topological polar surface area (TPSA) is 99.8 Å². The van der Waals surface area contributed by atoms with Gasteiger partial charge in [-0.1, -0.05) is 17.8 Å². The second-order valence-electron chi connectivity index (χ2n) is 4.53. The van der Waals surface area contributed by atoms with Crippen molar-refractivity contribution in [1.82, 2.24) is 19.9 Å². The van der Waals surface area contributed by atoms with Gasteiger partial charge in [-0.2, -0.15) is 4.68 Å². The van der Waals surface area contributed by atoms with Gasteiger partial charge in [-0.05, 0) is 25.3 Å². The van der Waals surface area contributed by atoms with Crippen molar-refractivity contribution < 1.29 is 4.42 Å². The molecule has 0 saturated heterocycles. The molecule has 114 valence electrons. The number of hydrogen-bond donors (Lipinski definition) is 1. The van der Waals surface area contributed by atoms with Crippen LogP contribution in [-0.2, 0) is 5.75 Å².